The van der Waals surface area contributed by atoms with Gasteiger partial charge in [-0.1, -0.05) is 27.7 Å². The minimum Gasteiger partial charge on any atom is -0.480 e. The summed E-state index contributed by atoms with van der Waals surface area (Å²) in [6.45, 7) is 13.6. The van der Waals surface area contributed by atoms with E-state index in [4.69, 9.17) is 4.74 Å². The molecule has 0 aromatic rings. The van der Waals surface area contributed by atoms with E-state index in [0.29, 0.717) is 51.6 Å². The summed E-state index contributed by atoms with van der Waals surface area (Å²) in [7, 11) is 0. The van der Waals surface area contributed by atoms with Crippen molar-refractivity contribution in [1.82, 2.24) is 20.4 Å². The van der Waals surface area contributed by atoms with Crippen molar-refractivity contribution in [3.8, 4) is 0 Å². The Hall–Kier alpha value is -2.85. The number of nitrogens with zero attached hydrogens (tertiary/aromatic N) is 2. The average molecular weight is 539 g/mol. The lowest BCUT2D eigenvalue weighted by atomic mass is 10.0. The molecule has 0 radical (unpaired) electrons. The number of carboxylic acids is 1. The van der Waals surface area contributed by atoms with Crippen LogP contribution in [0.4, 0.5) is 4.79 Å². The SMILES string of the molecule is CC(C)C[C@H](NC(=O)[C@@H]1CCCN1C(=O)[C@H](CC(C)C)NC(=O)OC(C)(C)C)C(=O)N1CCC[C@H]1C(=O)O. The summed E-state index contributed by atoms with van der Waals surface area (Å²) >= 11 is 0. The van der Waals surface area contributed by atoms with Crippen LogP contribution in [0.2, 0.25) is 0 Å². The van der Waals surface area contributed by atoms with Crippen molar-refractivity contribution in [1.29, 1.82) is 0 Å². The van der Waals surface area contributed by atoms with Crippen molar-refractivity contribution in [2.45, 2.75) is 117 Å². The van der Waals surface area contributed by atoms with Gasteiger partial charge in [-0.2, -0.15) is 0 Å². The molecule has 38 heavy (non-hydrogen) atoms. The molecule has 3 N–H and O–H groups in total. The molecule has 11 nitrogen and oxygen atoms in total. The molecule has 2 fully saturated rings. The maximum Gasteiger partial charge on any atom is 0.408 e. The van der Waals surface area contributed by atoms with Gasteiger partial charge in [-0.25, -0.2) is 9.59 Å². The van der Waals surface area contributed by atoms with Gasteiger partial charge in [-0.3, -0.25) is 14.4 Å². The number of alkyl carbamates (subject to hydrolysis) is 1. The zero-order chi connectivity index (χ0) is 28.8. The monoisotopic (exact) mass is 538 g/mol. The molecule has 4 atom stereocenters. The lowest BCUT2D eigenvalue weighted by Gasteiger charge is -2.32. The largest absolute Gasteiger partial charge is 0.480 e. The normalized spacial score (nSPS) is 21.4. The Morgan fingerprint density at radius 1 is 0.816 bits per heavy atom. The molecule has 0 aliphatic carbocycles. The Morgan fingerprint density at radius 2 is 1.26 bits per heavy atom. The molecule has 216 valence electrons. The maximum absolute atomic E-state index is 13.6. The van der Waals surface area contributed by atoms with E-state index in [9.17, 15) is 29.1 Å². The molecule has 2 saturated heterocycles. The number of nitrogens with one attached hydrogen (secondary N) is 2. The molecule has 2 heterocycles. The predicted molar refractivity (Wildman–Crippen MR) is 141 cm³/mol. The van der Waals surface area contributed by atoms with Gasteiger partial charge in [0, 0.05) is 13.1 Å². The van der Waals surface area contributed by atoms with E-state index in [1.165, 1.54) is 9.80 Å². The van der Waals surface area contributed by atoms with Crippen LogP contribution in [0.5, 0.6) is 0 Å². The van der Waals surface area contributed by atoms with E-state index in [2.05, 4.69) is 10.6 Å². The molecule has 0 bridgehead atoms. The molecule has 0 saturated carbocycles. The van der Waals surface area contributed by atoms with Gasteiger partial charge in [0.15, 0.2) is 0 Å². The molecule has 4 amide bonds. The lowest BCUT2D eigenvalue weighted by molar-refractivity contribution is -0.150. The predicted octanol–water partition coefficient (Wildman–Crippen LogP) is 2.52. The fourth-order valence-electron chi connectivity index (χ4n) is 5.09. The Bertz CT molecular complexity index is 883. The number of carbonyl (C=O) groups excluding carboxylic acids is 4. The molecule has 0 spiro atoms. The van der Waals surface area contributed by atoms with Crippen LogP contribution in [0.3, 0.4) is 0 Å². The molecular weight excluding hydrogens is 492 g/mol. The Labute approximate surface area is 226 Å². The number of aliphatic carboxylic acids is 1. The second-order valence-corrected chi connectivity index (χ2v) is 12.2. The third-order valence-corrected chi connectivity index (χ3v) is 6.68. The van der Waals surface area contributed by atoms with Crippen molar-refractivity contribution in [3.05, 3.63) is 0 Å². The van der Waals surface area contributed by atoms with Crippen LogP contribution in [0, 0.1) is 11.8 Å². The van der Waals surface area contributed by atoms with Gasteiger partial charge >= 0.3 is 12.1 Å². The quantitative estimate of drug-likeness (QED) is 0.387. The first-order valence-corrected chi connectivity index (χ1v) is 13.7. The van der Waals surface area contributed by atoms with Crippen LogP contribution < -0.4 is 10.6 Å². The van der Waals surface area contributed by atoms with Crippen molar-refractivity contribution < 1.29 is 33.8 Å². The van der Waals surface area contributed by atoms with Gasteiger partial charge in [0.2, 0.25) is 17.7 Å². The highest BCUT2D eigenvalue weighted by Gasteiger charge is 2.41. The summed E-state index contributed by atoms with van der Waals surface area (Å²) in [5.74, 6) is -2.08. The second-order valence-electron chi connectivity index (χ2n) is 12.2. The van der Waals surface area contributed by atoms with E-state index in [1.54, 1.807) is 20.8 Å². The number of rotatable bonds is 10. The minimum absolute atomic E-state index is 0.0740. The number of carbonyl (C=O) groups is 5. The molecule has 0 unspecified atom stereocenters. The van der Waals surface area contributed by atoms with Crippen molar-refractivity contribution >= 4 is 29.8 Å². The fourth-order valence-corrected chi connectivity index (χ4v) is 5.09. The average Bonchev–Trinajstić information content (AvgIpc) is 3.45. The Kier molecular flexibility index (Phi) is 11.0. The topological polar surface area (TPSA) is 145 Å². The summed E-state index contributed by atoms with van der Waals surface area (Å²) in [5.41, 5.74) is -0.724. The van der Waals surface area contributed by atoms with E-state index >= 15 is 0 Å². The first-order valence-electron chi connectivity index (χ1n) is 13.7. The van der Waals surface area contributed by atoms with E-state index < -0.39 is 53.6 Å². The van der Waals surface area contributed by atoms with E-state index in [0.717, 1.165) is 0 Å². The lowest BCUT2D eigenvalue weighted by Crippen LogP contribution is -2.57. The Balaban J connectivity index is 2.18. The first kappa shape index (κ1) is 31.4. The molecular formula is C27H46N4O7. The summed E-state index contributed by atoms with van der Waals surface area (Å²) in [6, 6.07) is -3.41. The fraction of sp³-hybridized carbons (Fsp3) is 0.815. The molecule has 2 aliphatic rings. The van der Waals surface area contributed by atoms with Gasteiger partial charge in [0.05, 0.1) is 0 Å². The van der Waals surface area contributed by atoms with Gasteiger partial charge in [0.1, 0.15) is 29.8 Å². The summed E-state index contributed by atoms with van der Waals surface area (Å²) in [6.07, 6.45) is 2.06. The van der Waals surface area contributed by atoms with Crippen molar-refractivity contribution in [3.63, 3.8) is 0 Å². The number of amides is 4. The second kappa shape index (κ2) is 13.3. The summed E-state index contributed by atoms with van der Waals surface area (Å²) in [5, 5.41) is 15.0. The van der Waals surface area contributed by atoms with Gasteiger partial charge in [-0.15, -0.1) is 0 Å². The minimum atomic E-state index is -1.05. The van der Waals surface area contributed by atoms with Crippen LogP contribution in [-0.4, -0.2) is 87.5 Å². The molecule has 0 aromatic heterocycles. The molecule has 11 heteroatoms. The third kappa shape index (κ3) is 8.87. The zero-order valence-electron chi connectivity index (χ0n) is 23.9. The van der Waals surface area contributed by atoms with Crippen LogP contribution in [0.15, 0.2) is 0 Å². The van der Waals surface area contributed by atoms with Gasteiger partial charge < -0.3 is 30.3 Å². The highest BCUT2D eigenvalue weighted by atomic mass is 16.6. The standard InChI is InChI=1S/C27H46N4O7/c1-16(2)14-18(23(33)31-13-9-11-21(31)25(35)36)28-22(32)20-10-8-12-30(20)24(34)19(15-17(3)4)29-26(37)38-27(5,6)7/h16-21H,8-15H2,1-7H3,(H,28,32)(H,29,37)(H,35,36)/t18-,19-,20-,21-/m0/s1. The van der Waals surface area contributed by atoms with Gasteiger partial charge in [0.25, 0.3) is 0 Å². The van der Waals surface area contributed by atoms with E-state index in [1.807, 2.05) is 27.7 Å². The number of ether oxygens (including phenoxy) is 1. The zero-order valence-corrected chi connectivity index (χ0v) is 23.9. The smallest absolute Gasteiger partial charge is 0.408 e. The maximum atomic E-state index is 13.6. The molecule has 2 aliphatic heterocycles. The number of likely N-dealkylation sites (tertiary alicyclic amines) is 2. The van der Waals surface area contributed by atoms with Crippen LogP contribution in [0.25, 0.3) is 0 Å². The third-order valence-electron chi connectivity index (χ3n) is 6.68. The highest BCUT2D eigenvalue weighted by Crippen LogP contribution is 2.23. The van der Waals surface area contributed by atoms with Gasteiger partial charge in [-0.05, 0) is 71.1 Å². The number of carboxylic acid groups (broad SMARTS) is 1. The van der Waals surface area contributed by atoms with Crippen LogP contribution in [-0.2, 0) is 23.9 Å². The number of hydrogen-bond acceptors (Lipinski definition) is 6. The van der Waals surface area contributed by atoms with E-state index in [-0.39, 0.29) is 17.7 Å². The van der Waals surface area contributed by atoms with Crippen LogP contribution >= 0.6 is 0 Å². The molecule has 2 rings (SSSR count). The summed E-state index contributed by atoms with van der Waals surface area (Å²) in [4.78, 5) is 67.2. The summed E-state index contributed by atoms with van der Waals surface area (Å²) < 4.78 is 5.34. The van der Waals surface area contributed by atoms with Crippen LogP contribution in [0.1, 0.15) is 87.0 Å². The number of hydrogen-bond donors (Lipinski definition) is 3. The van der Waals surface area contributed by atoms with Crippen molar-refractivity contribution in [2.75, 3.05) is 13.1 Å². The van der Waals surface area contributed by atoms with Crippen molar-refractivity contribution in [2.24, 2.45) is 11.8 Å². The highest BCUT2D eigenvalue weighted by molar-refractivity contribution is 5.95. The molecule has 0 aromatic carbocycles. The first-order chi connectivity index (χ1) is 17.6. The Morgan fingerprint density at radius 3 is 1.71 bits per heavy atom.